The highest BCUT2D eigenvalue weighted by atomic mass is 16.5. The van der Waals surface area contributed by atoms with E-state index in [1.54, 1.807) is 21.3 Å². The summed E-state index contributed by atoms with van der Waals surface area (Å²) in [4.78, 5) is 2.38. The summed E-state index contributed by atoms with van der Waals surface area (Å²) in [6, 6.07) is 12.6. The number of hydrogen-bond donors (Lipinski definition) is 0. The van der Waals surface area contributed by atoms with E-state index in [1.807, 2.05) is 12.1 Å². The van der Waals surface area contributed by atoms with Crippen molar-refractivity contribution in [1.29, 1.82) is 0 Å². The molecule has 1 atom stereocenters. The van der Waals surface area contributed by atoms with E-state index in [4.69, 9.17) is 14.2 Å². The van der Waals surface area contributed by atoms with Crippen LogP contribution in [0.2, 0.25) is 0 Å². The molecule has 128 valence electrons. The van der Waals surface area contributed by atoms with Gasteiger partial charge in [-0.3, -0.25) is 0 Å². The van der Waals surface area contributed by atoms with Gasteiger partial charge in [0.2, 0.25) is 0 Å². The number of likely N-dealkylation sites (N-methyl/N-ethyl adjacent to an activating group) is 1. The van der Waals surface area contributed by atoms with E-state index in [1.165, 1.54) is 16.7 Å². The van der Waals surface area contributed by atoms with Crippen molar-refractivity contribution in [3.8, 4) is 17.2 Å². The van der Waals surface area contributed by atoms with E-state index in [2.05, 4.69) is 36.2 Å². The average molecular weight is 327 g/mol. The summed E-state index contributed by atoms with van der Waals surface area (Å²) >= 11 is 0. The molecule has 0 fully saturated rings. The first-order valence-electron chi connectivity index (χ1n) is 8.23. The minimum absolute atomic E-state index is 0.304. The third-order valence-corrected chi connectivity index (χ3v) is 4.80. The third-order valence-electron chi connectivity index (χ3n) is 4.80. The zero-order chi connectivity index (χ0) is 17.1. The minimum atomic E-state index is 0.304. The lowest BCUT2D eigenvalue weighted by Crippen LogP contribution is -2.24. The average Bonchev–Trinajstić information content (AvgIpc) is 2.79. The van der Waals surface area contributed by atoms with E-state index in [-0.39, 0.29) is 0 Å². The zero-order valence-corrected chi connectivity index (χ0v) is 14.8. The van der Waals surface area contributed by atoms with Crippen LogP contribution in [0.25, 0.3) is 0 Å². The smallest absolute Gasteiger partial charge is 0.161 e. The molecular weight excluding hydrogens is 302 g/mol. The predicted molar refractivity (Wildman–Crippen MR) is 95.6 cm³/mol. The third kappa shape index (κ3) is 3.20. The van der Waals surface area contributed by atoms with Crippen molar-refractivity contribution in [1.82, 2.24) is 4.90 Å². The Balaban J connectivity index is 2.08. The molecule has 0 spiro atoms. The lowest BCUT2D eigenvalue weighted by atomic mass is 9.87. The van der Waals surface area contributed by atoms with E-state index in [0.717, 1.165) is 36.8 Å². The first-order valence-corrected chi connectivity index (χ1v) is 8.23. The van der Waals surface area contributed by atoms with Gasteiger partial charge in [0.1, 0.15) is 5.75 Å². The maximum Gasteiger partial charge on any atom is 0.161 e. The largest absolute Gasteiger partial charge is 0.497 e. The molecule has 1 unspecified atom stereocenters. The van der Waals surface area contributed by atoms with Crippen LogP contribution >= 0.6 is 0 Å². The Morgan fingerprint density at radius 1 is 0.917 bits per heavy atom. The standard InChI is InChI=1S/C20H25NO3/c1-21-10-9-15-11-19(23-3)20(24-4)12-17(15)18(13-21)14-5-7-16(22-2)8-6-14/h5-8,11-12,18H,9-10,13H2,1-4H3. The van der Waals surface area contributed by atoms with Crippen molar-refractivity contribution in [2.24, 2.45) is 0 Å². The van der Waals surface area contributed by atoms with Gasteiger partial charge in [-0.05, 0) is 54.4 Å². The number of benzene rings is 2. The molecule has 0 bridgehead atoms. The number of ether oxygens (including phenoxy) is 3. The van der Waals surface area contributed by atoms with Crippen LogP contribution in [-0.2, 0) is 6.42 Å². The molecule has 0 radical (unpaired) electrons. The van der Waals surface area contributed by atoms with Gasteiger partial charge in [-0.25, -0.2) is 0 Å². The molecule has 4 nitrogen and oxygen atoms in total. The van der Waals surface area contributed by atoms with Gasteiger partial charge < -0.3 is 19.1 Å². The topological polar surface area (TPSA) is 30.9 Å². The number of rotatable bonds is 4. The quantitative estimate of drug-likeness (QED) is 0.862. The van der Waals surface area contributed by atoms with Crippen LogP contribution in [0.15, 0.2) is 36.4 Å². The summed E-state index contributed by atoms with van der Waals surface area (Å²) in [7, 11) is 7.25. The number of methoxy groups -OCH3 is 3. The van der Waals surface area contributed by atoms with Crippen molar-refractivity contribution in [2.45, 2.75) is 12.3 Å². The highest BCUT2D eigenvalue weighted by Crippen LogP contribution is 2.38. The molecule has 1 heterocycles. The van der Waals surface area contributed by atoms with Crippen LogP contribution in [0, 0.1) is 0 Å². The second-order valence-electron chi connectivity index (χ2n) is 6.24. The van der Waals surface area contributed by atoms with Crippen molar-refractivity contribution in [2.75, 3.05) is 41.5 Å². The summed E-state index contributed by atoms with van der Waals surface area (Å²) in [6.45, 7) is 2.02. The maximum absolute atomic E-state index is 5.53. The first kappa shape index (κ1) is 16.7. The van der Waals surface area contributed by atoms with Crippen LogP contribution in [-0.4, -0.2) is 46.4 Å². The van der Waals surface area contributed by atoms with Gasteiger partial charge in [-0.2, -0.15) is 0 Å². The number of nitrogens with zero attached hydrogens (tertiary/aromatic N) is 1. The second-order valence-corrected chi connectivity index (χ2v) is 6.24. The SMILES string of the molecule is COc1ccc(C2CN(C)CCc3cc(OC)c(OC)cc32)cc1. The normalized spacial score (nSPS) is 17.8. The predicted octanol–water partition coefficient (Wildman–Crippen LogP) is 3.33. The molecule has 0 saturated carbocycles. The molecule has 4 heteroatoms. The molecule has 0 aromatic heterocycles. The Kier molecular flexibility index (Phi) is 4.95. The van der Waals surface area contributed by atoms with Crippen molar-refractivity contribution >= 4 is 0 Å². The van der Waals surface area contributed by atoms with E-state index in [0.29, 0.717) is 5.92 Å². The first-order chi connectivity index (χ1) is 11.7. The van der Waals surface area contributed by atoms with Gasteiger partial charge in [-0.1, -0.05) is 12.1 Å². The molecule has 24 heavy (non-hydrogen) atoms. The van der Waals surface area contributed by atoms with E-state index >= 15 is 0 Å². The molecule has 2 aromatic carbocycles. The Bertz CT molecular complexity index is 697. The summed E-state index contributed by atoms with van der Waals surface area (Å²) in [5.41, 5.74) is 3.94. The fourth-order valence-corrected chi connectivity index (χ4v) is 3.41. The van der Waals surface area contributed by atoms with Crippen LogP contribution in [0.4, 0.5) is 0 Å². The Labute approximate surface area is 144 Å². The van der Waals surface area contributed by atoms with E-state index in [9.17, 15) is 0 Å². The van der Waals surface area contributed by atoms with Gasteiger partial charge in [0.05, 0.1) is 21.3 Å². The zero-order valence-electron chi connectivity index (χ0n) is 14.8. The highest BCUT2D eigenvalue weighted by molar-refractivity contribution is 5.51. The molecule has 1 aliphatic rings. The van der Waals surface area contributed by atoms with Crippen molar-refractivity contribution in [3.63, 3.8) is 0 Å². The van der Waals surface area contributed by atoms with Crippen LogP contribution < -0.4 is 14.2 Å². The maximum atomic E-state index is 5.53. The van der Waals surface area contributed by atoms with Gasteiger partial charge in [0, 0.05) is 19.0 Å². The fraction of sp³-hybridized carbons (Fsp3) is 0.400. The van der Waals surface area contributed by atoms with E-state index < -0.39 is 0 Å². The summed E-state index contributed by atoms with van der Waals surface area (Å²) in [6.07, 6.45) is 1.01. The van der Waals surface area contributed by atoms with Gasteiger partial charge in [0.25, 0.3) is 0 Å². The molecule has 2 aromatic rings. The second kappa shape index (κ2) is 7.14. The molecular formula is C20H25NO3. The highest BCUT2D eigenvalue weighted by Gasteiger charge is 2.25. The summed E-state index contributed by atoms with van der Waals surface area (Å²) < 4.78 is 16.3. The number of fused-ring (bicyclic) bond motifs is 1. The van der Waals surface area contributed by atoms with Gasteiger partial charge in [-0.15, -0.1) is 0 Å². The lowest BCUT2D eigenvalue weighted by molar-refractivity contribution is 0.337. The van der Waals surface area contributed by atoms with Crippen molar-refractivity contribution in [3.05, 3.63) is 53.1 Å². The van der Waals surface area contributed by atoms with Gasteiger partial charge >= 0.3 is 0 Å². The molecule has 0 amide bonds. The number of hydrogen-bond acceptors (Lipinski definition) is 4. The summed E-state index contributed by atoms with van der Waals surface area (Å²) in [5.74, 6) is 2.78. The Hall–Kier alpha value is -2.20. The Morgan fingerprint density at radius 2 is 1.58 bits per heavy atom. The molecule has 0 saturated heterocycles. The molecule has 3 rings (SSSR count). The Morgan fingerprint density at radius 3 is 2.21 bits per heavy atom. The molecule has 1 aliphatic heterocycles. The van der Waals surface area contributed by atoms with Gasteiger partial charge in [0.15, 0.2) is 11.5 Å². The van der Waals surface area contributed by atoms with Crippen LogP contribution in [0.5, 0.6) is 17.2 Å². The van der Waals surface area contributed by atoms with Crippen LogP contribution in [0.1, 0.15) is 22.6 Å². The van der Waals surface area contributed by atoms with Crippen molar-refractivity contribution < 1.29 is 14.2 Å². The minimum Gasteiger partial charge on any atom is -0.497 e. The lowest BCUT2D eigenvalue weighted by Gasteiger charge is -2.23. The van der Waals surface area contributed by atoms with Crippen LogP contribution in [0.3, 0.4) is 0 Å². The summed E-state index contributed by atoms with van der Waals surface area (Å²) in [5, 5.41) is 0. The molecule has 0 aliphatic carbocycles. The molecule has 0 N–H and O–H groups in total. The fourth-order valence-electron chi connectivity index (χ4n) is 3.41. The monoisotopic (exact) mass is 327 g/mol.